The predicted octanol–water partition coefficient (Wildman–Crippen LogP) is 6.43. The van der Waals surface area contributed by atoms with Crippen LogP contribution in [0.1, 0.15) is 38.3 Å². The normalized spacial score (nSPS) is 16.6. The monoisotopic (exact) mass is 484 g/mol. The summed E-state index contributed by atoms with van der Waals surface area (Å²) >= 11 is 13.5. The molecule has 0 saturated heterocycles. The molecule has 0 fully saturated rings. The molecule has 1 unspecified atom stereocenters. The van der Waals surface area contributed by atoms with Crippen LogP contribution in [-0.4, -0.2) is 33.0 Å². The quantitative estimate of drug-likeness (QED) is 0.319. The molecule has 2 aromatic carbocycles. The molecule has 2 heterocycles. The van der Waals surface area contributed by atoms with Gasteiger partial charge in [0.1, 0.15) is 0 Å². The fraction of sp³-hybridized carbons (Fsp3) is 0.292. The van der Waals surface area contributed by atoms with Crippen molar-refractivity contribution in [1.29, 1.82) is 0 Å². The molecule has 0 aliphatic carbocycles. The van der Waals surface area contributed by atoms with Crippen molar-refractivity contribution in [2.24, 2.45) is 5.92 Å². The van der Waals surface area contributed by atoms with Crippen molar-refractivity contribution in [3.63, 3.8) is 0 Å². The van der Waals surface area contributed by atoms with Crippen LogP contribution in [0.2, 0.25) is 5.02 Å². The van der Waals surface area contributed by atoms with Crippen molar-refractivity contribution in [2.75, 3.05) is 12.8 Å². The lowest BCUT2D eigenvalue weighted by Gasteiger charge is -2.38. The highest BCUT2D eigenvalue weighted by molar-refractivity contribution is 7.98. The summed E-state index contributed by atoms with van der Waals surface area (Å²) in [6.07, 6.45) is 2.07. The van der Waals surface area contributed by atoms with E-state index in [9.17, 15) is 0 Å². The van der Waals surface area contributed by atoms with Crippen LogP contribution in [-0.2, 0) is 0 Å². The molecule has 1 N–H and O–H groups in total. The van der Waals surface area contributed by atoms with Gasteiger partial charge in [0.05, 0.1) is 11.6 Å². The average Bonchev–Trinajstić information content (AvgIpc) is 3.26. The van der Waals surface area contributed by atoms with Crippen LogP contribution < -0.4 is 5.32 Å². The number of aromatic nitrogens is 2. The van der Waals surface area contributed by atoms with Crippen LogP contribution >= 0.6 is 35.6 Å². The van der Waals surface area contributed by atoms with Gasteiger partial charge in [-0.1, -0.05) is 42.7 Å². The maximum Gasteiger partial charge on any atom is 0.258 e. The lowest BCUT2D eigenvalue weighted by Crippen LogP contribution is -2.47. The third kappa shape index (κ3) is 4.70. The number of hydrogen-bond donors (Lipinski definition) is 1. The van der Waals surface area contributed by atoms with Gasteiger partial charge in [-0.05, 0) is 73.3 Å². The Morgan fingerprint density at radius 3 is 2.47 bits per heavy atom. The van der Waals surface area contributed by atoms with E-state index < -0.39 is 0 Å². The number of allylic oxidation sites excluding steroid dienone is 1. The second-order valence-corrected chi connectivity index (χ2v) is 9.79. The van der Waals surface area contributed by atoms with E-state index in [-0.39, 0.29) is 6.04 Å². The smallest absolute Gasteiger partial charge is 0.258 e. The second kappa shape index (κ2) is 9.65. The molecule has 1 aliphatic heterocycles. The summed E-state index contributed by atoms with van der Waals surface area (Å²) in [7, 11) is 0. The van der Waals surface area contributed by atoms with E-state index in [1.807, 2.05) is 24.3 Å². The van der Waals surface area contributed by atoms with Crippen LogP contribution in [0.5, 0.6) is 0 Å². The molecule has 3 aromatic rings. The molecule has 0 spiro atoms. The number of benzene rings is 2. The summed E-state index contributed by atoms with van der Waals surface area (Å²) in [6.45, 7) is 7.22. The first kappa shape index (κ1) is 22.8. The molecule has 5 nitrogen and oxygen atoms in total. The van der Waals surface area contributed by atoms with E-state index >= 15 is 0 Å². The maximum absolute atomic E-state index is 6.03. The van der Waals surface area contributed by atoms with Crippen molar-refractivity contribution in [3.05, 3.63) is 70.7 Å². The summed E-state index contributed by atoms with van der Waals surface area (Å²) in [6, 6.07) is 15.7. The number of nitrogens with zero attached hydrogens (tertiary/aromatic N) is 3. The fourth-order valence-corrected chi connectivity index (χ4v) is 4.60. The zero-order valence-electron chi connectivity index (χ0n) is 18.4. The minimum atomic E-state index is -0.180. The Morgan fingerprint density at radius 2 is 1.84 bits per heavy atom. The second-order valence-electron chi connectivity index (χ2n) is 8.09. The molecule has 1 aromatic heterocycles. The van der Waals surface area contributed by atoms with Gasteiger partial charge in [0.25, 0.3) is 5.89 Å². The molecule has 1 atom stereocenters. The Balaban J connectivity index is 1.79. The first-order valence-electron chi connectivity index (χ1n) is 10.4. The molecule has 1 aliphatic rings. The van der Waals surface area contributed by atoms with E-state index in [1.165, 1.54) is 4.90 Å². The van der Waals surface area contributed by atoms with Crippen molar-refractivity contribution in [3.8, 4) is 11.4 Å². The molecule has 4 rings (SSSR count). The van der Waals surface area contributed by atoms with Crippen molar-refractivity contribution >= 4 is 46.3 Å². The molecule has 0 saturated carbocycles. The van der Waals surface area contributed by atoms with Crippen LogP contribution in [0.3, 0.4) is 0 Å². The third-order valence-corrected chi connectivity index (χ3v) is 6.69. The first-order valence-corrected chi connectivity index (χ1v) is 12.4. The molecule has 166 valence electrons. The van der Waals surface area contributed by atoms with Gasteiger partial charge in [-0.2, -0.15) is 4.98 Å². The first-order chi connectivity index (χ1) is 15.4. The summed E-state index contributed by atoms with van der Waals surface area (Å²) in [5.74, 6) is 1.45. The van der Waals surface area contributed by atoms with Crippen molar-refractivity contribution < 1.29 is 4.52 Å². The number of thiocarbonyl (C=S) groups is 1. The van der Waals surface area contributed by atoms with Crippen LogP contribution in [0, 0.1) is 5.92 Å². The van der Waals surface area contributed by atoms with Crippen LogP contribution in [0.25, 0.3) is 17.0 Å². The van der Waals surface area contributed by atoms with Gasteiger partial charge in [-0.25, -0.2) is 0 Å². The highest BCUT2D eigenvalue weighted by Crippen LogP contribution is 2.38. The standard InChI is InChI=1S/C24H25ClN4OS2/c1-14(2)13-29-15(3)20(21(26-24(29)31)16-7-11-19(32-4)12-8-16)23-27-22(28-30-23)17-5-9-18(25)10-6-17/h5-12,14,21H,13H2,1-4H3,(H,26,31). The van der Waals surface area contributed by atoms with E-state index in [0.717, 1.165) is 28.9 Å². The Hall–Kier alpha value is -2.35. The number of rotatable bonds is 6. The van der Waals surface area contributed by atoms with Crippen LogP contribution in [0.15, 0.2) is 63.6 Å². The topological polar surface area (TPSA) is 54.2 Å². The molecular formula is C24H25ClN4OS2. The number of nitrogens with one attached hydrogen (secondary N) is 1. The molecule has 32 heavy (non-hydrogen) atoms. The number of hydrogen-bond acceptors (Lipinski definition) is 5. The van der Waals surface area contributed by atoms with Gasteiger partial charge in [-0.3, -0.25) is 0 Å². The molecule has 0 amide bonds. The minimum Gasteiger partial charge on any atom is -0.351 e. The van der Waals surface area contributed by atoms with Gasteiger partial charge in [0, 0.05) is 27.7 Å². The number of thioether (sulfide) groups is 1. The van der Waals surface area contributed by atoms with Gasteiger partial charge in [0.2, 0.25) is 5.82 Å². The minimum absolute atomic E-state index is 0.180. The molecule has 8 heteroatoms. The molecule has 0 radical (unpaired) electrons. The van der Waals surface area contributed by atoms with E-state index in [2.05, 4.69) is 66.7 Å². The Morgan fingerprint density at radius 1 is 1.16 bits per heavy atom. The molecular weight excluding hydrogens is 460 g/mol. The van der Waals surface area contributed by atoms with E-state index in [0.29, 0.717) is 27.8 Å². The zero-order chi connectivity index (χ0) is 22.8. The highest BCUT2D eigenvalue weighted by Gasteiger charge is 2.34. The summed E-state index contributed by atoms with van der Waals surface area (Å²) < 4.78 is 5.78. The lowest BCUT2D eigenvalue weighted by molar-refractivity contribution is 0.386. The largest absolute Gasteiger partial charge is 0.351 e. The zero-order valence-corrected chi connectivity index (χ0v) is 20.8. The highest BCUT2D eigenvalue weighted by atomic mass is 35.5. The Kier molecular flexibility index (Phi) is 6.88. The van der Waals surface area contributed by atoms with Crippen molar-refractivity contribution in [2.45, 2.75) is 31.7 Å². The third-order valence-electron chi connectivity index (χ3n) is 5.35. The summed E-state index contributed by atoms with van der Waals surface area (Å²) in [5, 5.41) is 9.12. The maximum atomic E-state index is 6.03. The Labute approximate surface area is 203 Å². The van der Waals surface area contributed by atoms with Gasteiger partial charge in [-0.15, -0.1) is 11.8 Å². The van der Waals surface area contributed by atoms with Gasteiger partial charge in [0.15, 0.2) is 5.11 Å². The summed E-state index contributed by atoms with van der Waals surface area (Å²) in [5.41, 5.74) is 3.90. The fourth-order valence-electron chi connectivity index (χ4n) is 3.74. The van der Waals surface area contributed by atoms with E-state index in [4.69, 9.17) is 33.3 Å². The lowest BCUT2D eigenvalue weighted by atomic mass is 9.94. The average molecular weight is 485 g/mol. The Bertz CT molecular complexity index is 1140. The van der Waals surface area contributed by atoms with Gasteiger partial charge >= 0.3 is 0 Å². The van der Waals surface area contributed by atoms with Crippen molar-refractivity contribution in [1.82, 2.24) is 20.4 Å². The SMILES string of the molecule is CSc1ccc(C2NC(=S)N(CC(C)C)C(C)=C2c2nc(-c3ccc(Cl)cc3)no2)cc1. The van der Waals surface area contributed by atoms with Gasteiger partial charge < -0.3 is 14.7 Å². The number of halogens is 1. The predicted molar refractivity (Wildman–Crippen MR) is 136 cm³/mol. The van der Waals surface area contributed by atoms with Crippen LogP contribution in [0.4, 0.5) is 0 Å². The van der Waals surface area contributed by atoms with E-state index in [1.54, 1.807) is 11.8 Å². The summed E-state index contributed by atoms with van der Waals surface area (Å²) in [4.78, 5) is 8.07. The molecule has 0 bridgehead atoms.